The third kappa shape index (κ3) is 3.81. The van der Waals surface area contributed by atoms with Crippen LogP contribution >= 0.6 is 27.3 Å². The molecule has 4 heteroatoms. The molecule has 0 aliphatic carbocycles. The minimum atomic E-state index is 0.208. The van der Waals surface area contributed by atoms with Gasteiger partial charge in [0.15, 0.2) is 0 Å². The molecule has 0 spiro atoms. The van der Waals surface area contributed by atoms with E-state index in [1.165, 1.54) is 10.4 Å². The van der Waals surface area contributed by atoms with Gasteiger partial charge in [-0.1, -0.05) is 12.1 Å². The predicted molar refractivity (Wildman–Crippen MR) is 85.1 cm³/mol. The van der Waals surface area contributed by atoms with E-state index in [2.05, 4.69) is 44.8 Å². The van der Waals surface area contributed by atoms with Crippen molar-refractivity contribution in [1.82, 2.24) is 5.32 Å². The van der Waals surface area contributed by atoms with Crippen LogP contribution < -0.4 is 10.1 Å². The van der Waals surface area contributed by atoms with Crippen LogP contribution in [0.5, 0.6) is 5.75 Å². The quantitative estimate of drug-likeness (QED) is 0.858. The summed E-state index contributed by atoms with van der Waals surface area (Å²) in [5.74, 6) is 0.918. The minimum Gasteiger partial charge on any atom is -0.491 e. The van der Waals surface area contributed by atoms with Crippen molar-refractivity contribution in [2.45, 2.75) is 26.0 Å². The van der Waals surface area contributed by atoms with Crippen molar-refractivity contribution in [2.75, 3.05) is 7.05 Å². The second kappa shape index (κ2) is 6.55. The molecule has 1 unspecified atom stereocenters. The zero-order valence-electron chi connectivity index (χ0n) is 11.3. The molecule has 19 heavy (non-hydrogen) atoms. The summed E-state index contributed by atoms with van der Waals surface area (Å²) in [7, 11) is 1.98. The molecule has 0 aliphatic rings. The largest absolute Gasteiger partial charge is 0.491 e. The Morgan fingerprint density at radius 3 is 2.37 bits per heavy atom. The van der Waals surface area contributed by atoms with E-state index in [9.17, 15) is 0 Å². The fraction of sp³-hybridized carbons (Fsp3) is 0.333. The zero-order chi connectivity index (χ0) is 13.8. The molecule has 0 saturated heterocycles. The first kappa shape index (κ1) is 14.6. The van der Waals surface area contributed by atoms with Gasteiger partial charge in [-0.2, -0.15) is 0 Å². The number of halogens is 1. The molecule has 0 amide bonds. The first-order valence-electron chi connectivity index (χ1n) is 6.28. The van der Waals surface area contributed by atoms with Crippen LogP contribution in [-0.2, 0) is 0 Å². The summed E-state index contributed by atoms with van der Waals surface area (Å²) < 4.78 is 6.80. The van der Waals surface area contributed by atoms with Gasteiger partial charge in [-0.25, -0.2) is 0 Å². The Balaban J connectivity index is 2.19. The molecule has 2 rings (SSSR count). The smallest absolute Gasteiger partial charge is 0.119 e. The molecule has 1 atom stereocenters. The summed E-state index contributed by atoms with van der Waals surface area (Å²) in [5, 5.41) is 5.46. The SMILES string of the molecule is CNC(c1ccc(OC(C)C)cc1)c1cc(Br)cs1. The molecule has 0 aliphatic heterocycles. The van der Waals surface area contributed by atoms with Gasteiger partial charge in [0.05, 0.1) is 12.1 Å². The normalized spacial score (nSPS) is 12.7. The summed E-state index contributed by atoms with van der Waals surface area (Å²) in [6, 6.07) is 10.7. The Kier molecular flexibility index (Phi) is 5.02. The Morgan fingerprint density at radius 2 is 1.89 bits per heavy atom. The lowest BCUT2D eigenvalue weighted by atomic mass is 10.1. The third-order valence-corrected chi connectivity index (χ3v) is 4.50. The maximum atomic E-state index is 5.67. The summed E-state index contributed by atoms with van der Waals surface area (Å²) in [6.07, 6.45) is 0.208. The Labute approximate surface area is 126 Å². The molecule has 0 fully saturated rings. The molecule has 2 aromatic rings. The van der Waals surface area contributed by atoms with E-state index in [-0.39, 0.29) is 12.1 Å². The Hall–Kier alpha value is -0.840. The van der Waals surface area contributed by atoms with E-state index in [0.29, 0.717) is 0 Å². The molecular weight excluding hydrogens is 322 g/mol. The van der Waals surface area contributed by atoms with E-state index < -0.39 is 0 Å². The van der Waals surface area contributed by atoms with Gasteiger partial charge in [0.1, 0.15) is 5.75 Å². The molecule has 1 N–H and O–H groups in total. The topological polar surface area (TPSA) is 21.3 Å². The molecule has 2 nitrogen and oxygen atoms in total. The number of hydrogen-bond acceptors (Lipinski definition) is 3. The van der Waals surface area contributed by atoms with Crippen LogP contribution in [0.3, 0.4) is 0 Å². The summed E-state index contributed by atoms with van der Waals surface area (Å²) >= 11 is 5.25. The lowest BCUT2D eigenvalue weighted by Gasteiger charge is -2.16. The molecule has 0 bridgehead atoms. The van der Waals surface area contributed by atoms with E-state index in [1.54, 1.807) is 11.3 Å². The standard InChI is InChI=1S/C15H18BrNOS/c1-10(2)18-13-6-4-11(5-7-13)15(17-3)14-8-12(16)9-19-14/h4-10,15,17H,1-3H3. The Bertz CT molecular complexity index is 521. The minimum absolute atomic E-state index is 0.208. The van der Waals surface area contributed by atoms with Gasteiger partial charge in [-0.05, 0) is 60.6 Å². The fourth-order valence-corrected chi connectivity index (χ4v) is 3.54. The number of rotatable bonds is 5. The number of nitrogens with one attached hydrogen (secondary N) is 1. The van der Waals surface area contributed by atoms with Gasteiger partial charge in [0.2, 0.25) is 0 Å². The molecule has 1 heterocycles. The average Bonchev–Trinajstić information content (AvgIpc) is 2.78. The highest BCUT2D eigenvalue weighted by atomic mass is 79.9. The number of benzene rings is 1. The van der Waals surface area contributed by atoms with Crippen LogP contribution in [0.4, 0.5) is 0 Å². The summed E-state index contributed by atoms with van der Waals surface area (Å²) in [5.41, 5.74) is 1.24. The monoisotopic (exact) mass is 339 g/mol. The first-order valence-corrected chi connectivity index (χ1v) is 7.95. The zero-order valence-corrected chi connectivity index (χ0v) is 13.7. The second-order valence-electron chi connectivity index (χ2n) is 4.62. The molecule has 1 aromatic carbocycles. The van der Waals surface area contributed by atoms with Crippen LogP contribution in [-0.4, -0.2) is 13.2 Å². The highest BCUT2D eigenvalue weighted by molar-refractivity contribution is 9.10. The van der Waals surface area contributed by atoms with E-state index >= 15 is 0 Å². The van der Waals surface area contributed by atoms with Crippen molar-refractivity contribution in [3.8, 4) is 5.75 Å². The van der Waals surface area contributed by atoms with E-state index in [4.69, 9.17) is 4.74 Å². The molecule has 0 saturated carbocycles. The van der Waals surface area contributed by atoms with Crippen LogP contribution in [0, 0.1) is 0 Å². The summed E-state index contributed by atoms with van der Waals surface area (Å²) in [6.45, 7) is 4.07. The van der Waals surface area contributed by atoms with Crippen LogP contribution in [0.25, 0.3) is 0 Å². The fourth-order valence-electron chi connectivity index (χ4n) is 1.96. The van der Waals surface area contributed by atoms with Crippen LogP contribution in [0.1, 0.15) is 30.3 Å². The summed E-state index contributed by atoms with van der Waals surface area (Å²) in [4.78, 5) is 1.30. The van der Waals surface area contributed by atoms with Crippen molar-refractivity contribution in [3.05, 3.63) is 50.6 Å². The highest BCUT2D eigenvalue weighted by Gasteiger charge is 2.14. The molecule has 102 valence electrons. The molecular formula is C15H18BrNOS. The van der Waals surface area contributed by atoms with Crippen molar-refractivity contribution in [1.29, 1.82) is 0 Å². The van der Waals surface area contributed by atoms with E-state index in [0.717, 1.165) is 10.2 Å². The Morgan fingerprint density at radius 1 is 1.21 bits per heavy atom. The van der Waals surface area contributed by atoms with Gasteiger partial charge in [-0.3, -0.25) is 0 Å². The van der Waals surface area contributed by atoms with Crippen molar-refractivity contribution < 1.29 is 4.74 Å². The van der Waals surface area contributed by atoms with Gasteiger partial charge in [0, 0.05) is 14.7 Å². The maximum absolute atomic E-state index is 5.67. The van der Waals surface area contributed by atoms with Crippen molar-refractivity contribution in [2.24, 2.45) is 0 Å². The second-order valence-corrected chi connectivity index (χ2v) is 6.48. The van der Waals surface area contributed by atoms with Gasteiger partial charge in [0.25, 0.3) is 0 Å². The number of thiophene rings is 1. The number of hydrogen-bond donors (Lipinski definition) is 1. The predicted octanol–water partition coefficient (Wildman–Crippen LogP) is 4.61. The van der Waals surface area contributed by atoms with Crippen LogP contribution in [0.15, 0.2) is 40.2 Å². The van der Waals surface area contributed by atoms with Crippen molar-refractivity contribution in [3.63, 3.8) is 0 Å². The molecule has 1 aromatic heterocycles. The first-order chi connectivity index (χ1) is 9.10. The number of ether oxygens (including phenoxy) is 1. The van der Waals surface area contributed by atoms with Gasteiger partial charge in [-0.15, -0.1) is 11.3 Å². The highest BCUT2D eigenvalue weighted by Crippen LogP contribution is 2.30. The van der Waals surface area contributed by atoms with E-state index in [1.807, 2.05) is 33.0 Å². The molecule has 0 radical (unpaired) electrons. The van der Waals surface area contributed by atoms with Crippen LogP contribution in [0.2, 0.25) is 0 Å². The van der Waals surface area contributed by atoms with Gasteiger partial charge >= 0.3 is 0 Å². The lowest BCUT2D eigenvalue weighted by Crippen LogP contribution is -2.16. The van der Waals surface area contributed by atoms with Crippen molar-refractivity contribution >= 4 is 27.3 Å². The maximum Gasteiger partial charge on any atom is 0.119 e. The average molecular weight is 340 g/mol. The lowest BCUT2D eigenvalue weighted by molar-refractivity contribution is 0.242. The van der Waals surface area contributed by atoms with Gasteiger partial charge < -0.3 is 10.1 Å². The third-order valence-electron chi connectivity index (χ3n) is 2.75.